The molecule has 0 radical (unpaired) electrons. The fraction of sp³-hybridized carbons (Fsp3) is 0.429. The van der Waals surface area contributed by atoms with E-state index in [2.05, 4.69) is 31.2 Å². The van der Waals surface area contributed by atoms with Crippen LogP contribution >= 0.6 is 0 Å². The highest BCUT2D eigenvalue weighted by Crippen LogP contribution is 2.32. The summed E-state index contributed by atoms with van der Waals surface area (Å²) in [5, 5.41) is 0. The molecule has 14 heavy (non-hydrogen) atoms. The molecule has 1 unspecified atom stereocenters. The van der Waals surface area contributed by atoms with E-state index < -0.39 is 0 Å². The van der Waals surface area contributed by atoms with Gasteiger partial charge in [-0.1, -0.05) is 31.2 Å². The molecule has 0 aliphatic heterocycles. The molecule has 3 rings (SSSR count). The summed E-state index contributed by atoms with van der Waals surface area (Å²) in [7, 11) is 0. The van der Waals surface area contributed by atoms with E-state index in [0.29, 0.717) is 0 Å². The van der Waals surface area contributed by atoms with Crippen LogP contribution < -0.4 is 0 Å². The van der Waals surface area contributed by atoms with Gasteiger partial charge in [-0.05, 0) is 53.9 Å². The Morgan fingerprint density at radius 1 is 1.21 bits per heavy atom. The van der Waals surface area contributed by atoms with E-state index in [1.54, 1.807) is 22.3 Å². The number of hydrogen-bond acceptors (Lipinski definition) is 0. The van der Waals surface area contributed by atoms with Gasteiger partial charge in [-0.25, -0.2) is 0 Å². The topological polar surface area (TPSA) is 0 Å². The minimum Gasteiger partial charge on any atom is -0.0795 e. The van der Waals surface area contributed by atoms with Gasteiger partial charge in [0.15, 0.2) is 0 Å². The molecule has 72 valence electrons. The zero-order chi connectivity index (χ0) is 9.54. The van der Waals surface area contributed by atoms with Crippen molar-refractivity contribution < 1.29 is 0 Å². The Balaban J connectivity index is 2.14. The summed E-state index contributed by atoms with van der Waals surface area (Å²) in [6.45, 7) is 2.37. The summed E-state index contributed by atoms with van der Waals surface area (Å²) < 4.78 is 0. The van der Waals surface area contributed by atoms with E-state index >= 15 is 0 Å². The normalized spacial score (nSPS) is 23.4. The highest BCUT2D eigenvalue weighted by Gasteiger charge is 2.19. The van der Waals surface area contributed by atoms with Crippen molar-refractivity contribution in [2.45, 2.75) is 32.6 Å². The molecule has 2 aliphatic carbocycles. The first-order chi connectivity index (χ1) is 6.84. The largest absolute Gasteiger partial charge is 0.0795 e. The molecular formula is C14H16. The highest BCUT2D eigenvalue weighted by atomic mass is 14.2. The fourth-order valence-corrected chi connectivity index (χ4v) is 2.80. The number of rotatable bonds is 0. The zero-order valence-corrected chi connectivity index (χ0v) is 8.72. The fourth-order valence-electron chi connectivity index (χ4n) is 2.80. The van der Waals surface area contributed by atoms with E-state index in [9.17, 15) is 0 Å². The van der Waals surface area contributed by atoms with Crippen LogP contribution in [0.15, 0.2) is 18.2 Å². The van der Waals surface area contributed by atoms with Crippen LogP contribution in [-0.4, -0.2) is 0 Å². The molecule has 0 heterocycles. The molecule has 2 aliphatic rings. The van der Waals surface area contributed by atoms with Gasteiger partial charge in [0.05, 0.1) is 0 Å². The molecule has 1 aromatic rings. The molecule has 1 atom stereocenters. The van der Waals surface area contributed by atoms with E-state index in [-0.39, 0.29) is 0 Å². The van der Waals surface area contributed by atoms with Crippen LogP contribution in [-0.2, 0) is 19.3 Å². The quantitative estimate of drug-likeness (QED) is 0.580. The summed E-state index contributed by atoms with van der Waals surface area (Å²) in [5.74, 6) is 0.880. The van der Waals surface area contributed by atoms with Crippen LogP contribution in [0.3, 0.4) is 0 Å². The number of allylic oxidation sites excluding steroid dienone is 1. The van der Waals surface area contributed by atoms with Crippen LogP contribution in [0.4, 0.5) is 0 Å². The molecule has 0 nitrogen and oxygen atoms in total. The average Bonchev–Trinajstić information content (AvgIpc) is 2.65. The predicted octanol–water partition coefficient (Wildman–Crippen LogP) is 3.38. The van der Waals surface area contributed by atoms with Crippen molar-refractivity contribution in [2.24, 2.45) is 5.92 Å². The van der Waals surface area contributed by atoms with Gasteiger partial charge in [0.25, 0.3) is 0 Å². The maximum Gasteiger partial charge on any atom is -0.00881 e. The lowest BCUT2D eigenvalue weighted by Gasteiger charge is -2.23. The zero-order valence-electron chi connectivity index (χ0n) is 8.72. The van der Waals surface area contributed by atoms with Crippen LogP contribution in [0, 0.1) is 5.92 Å². The lowest BCUT2D eigenvalue weighted by Crippen LogP contribution is -2.12. The smallest absolute Gasteiger partial charge is 0.00881 e. The molecule has 0 heteroatoms. The van der Waals surface area contributed by atoms with Gasteiger partial charge in [-0.2, -0.15) is 0 Å². The van der Waals surface area contributed by atoms with Crippen molar-refractivity contribution in [3.05, 3.63) is 40.5 Å². The minimum absolute atomic E-state index is 0.880. The average molecular weight is 184 g/mol. The van der Waals surface area contributed by atoms with Gasteiger partial charge in [-0.15, -0.1) is 0 Å². The van der Waals surface area contributed by atoms with E-state index in [1.165, 1.54) is 19.3 Å². The molecule has 0 bridgehead atoms. The Hall–Kier alpha value is -1.04. The molecule has 0 spiro atoms. The van der Waals surface area contributed by atoms with Crippen LogP contribution in [0.1, 0.15) is 35.6 Å². The van der Waals surface area contributed by atoms with Gasteiger partial charge in [-0.3, -0.25) is 0 Å². The first-order valence-electron chi connectivity index (χ1n) is 5.65. The standard InChI is InChI=1S/C14H16/c1-10-5-8-14-12(9-10)7-6-11-3-2-4-13(11)14/h2,4,6-7,10H,3,5,8-9H2,1H3. The third-order valence-corrected chi connectivity index (χ3v) is 3.62. The second-order valence-electron chi connectivity index (χ2n) is 4.73. The van der Waals surface area contributed by atoms with Crippen molar-refractivity contribution >= 4 is 6.08 Å². The third kappa shape index (κ3) is 1.13. The highest BCUT2D eigenvalue weighted by molar-refractivity contribution is 5.65. The van der Waals surface area contributed by atoms with Gasteiger partial charge in [0, 0.05) is 0 Å². The van der Waals surface area contributed by atoms with Crippen LogP contribution in [0.2, 0.25) is 0 Å². The molecule has 0 N–H and O–H groups in total. The summed E-state index contributed by atoms with van der Waals surface area (Å²) in [6.07, 6.45) is 9.73. The number of benzene rings is 1. The van der Waals surface area contributed by atoms with Crippen molar-refractivity contribution in [3.8, 4) is 0 Å². The second kappa shape index (κ2) is 2.98. The first-order valence-corrected chi connectivity index (χ1v) is 5.65. The second-order valence-corrected chi connectivity index (χ2v) is 4.73. The Morgan fingerprint density at radius 3 is 3.00 bits per heavy atom. The maximum atomic E-state index is 2.37. The van der Waals surface area contributed by atoms with Gasteiger partial charge < -0.3 is 0 Å². The van der Waals surface area contributed by atoms with E-state index in [4.69, 9.17) is 0 Å². The van der Waals surface area contributed by atoms with Crippen molar-refractivity contribution in [3.63, 3.8) is 0 Å². The Morgan fingerprint density at radius 2 is 2.07 bits per heavy atom. The monoisotopic (exact) mass is 184 g/mol. The van der Waals surface area contributed by atoms with E-state index in [0.717, 1.165) is 12.3 Å². The summed E-state index contributed by atoms with van der Waals surface area (Å²) >= 11 is 0. The molecule has 0 saturated heterocycles. The van der Waals surface area contributed by atoms with E-state index in [1.807, 2.05) is 0 Å². The summed E-state index contributed by atoms with van der Waals surface area (Å²) in [6, 6.07) is 4.68. The van der Waals surface area contributed by atoms with Crippen LogP contribution in [0.5, 0.6) is 0 Å². The number of hydrogen-bond donors (Lipinski definition) is 0. The number of fused-ring (bicyclic) bond motifs is 3. The molecule has 0 aromatic heterocycles. The minimum atomic E-state index is 0.880. The molecule has 0 saturated carbocycles. The SMILES string of the molecule is CC1CCc2c(ccc3c2C=CC3)C1. The first kappa shape index (κ1) is 8.28. The summed E-state index contributed by atoms with van der Waals surface area (Å²) in [4.78, 5) is 0. The van der Waals surface area contributed by atoms with Crippen LogP contribution in [0.25, 0.3) is 6.08 Å². The van der Waals surface area contributed by atoms with Crippen molar-refractivity contribution in [2.75, 3.05) is 0 Å². The lowest BCUT2D eigenvalue weighted by molar-refractivity contribution is 0.500. The van der Waals surface area contributed by atoms with Crippen molar-refractivity contribution in [1.29, 1.82) is 0 Å². The molecular weight excluding hydrogens is 168 g/mol. The van der Waals surface area contributed by atoms with Crippen molar-refractivity contribution in [1.82, 2.24) is 0 Å². The van der Waals surface area contributed by atoms with Gasteiger partial charge >= 0.3 is 0 Å². The lowest BCUT2D eigenvalue weighted by atomic mass is 9.82. The molecule has 0 amide bonds. The van der Waals surface area contributed by atoms with Gasteiger partial charge in [0.1, 0.15) is 0 Å². The maximum absolute atomic E-state index is 2.37. The summed E-state index contributed by atoms with van der Waals surface area (Å²) in [5.41, 5.74) is 6.34. The Kier molecular flexibility index (Phi) is 1.76. The Labute approximate surface area is 85.6 Å². The molecule has 0 fully saturated rings. The Bertz CT molecular complexity index is 399. The predicted molar refractivity (Wildman–Crippen MR) is 60.4 cm³/mol. The van der Waals surface area contributed by atoms with Gasteiger partial charge in [0.2, 0.25) is 0 Å². The molecule has 1 aromatic carbocycles. The third-order valence-electron chi connectivity index (χ3n) is 3.62.